The van der Waals surface area contributed by atoms with Gasteiger partial charge in [0.1, 0.15) is 5.52 Å². The van der Waals surface area contributed by atoms with Gasteiger partial charge >= 0.3 is 11.9 Å². The van der Waals surface area contributed by atoms with Crippen molar-refractivity contribution in [2.75, 3.05) is 36.5 Å². The number of carbonyl (C=O) groups is 3. The number of hydrogen-bond donors (Lipinski definition) is 1. The van der Waals surface area contributed by atoms with Gasteiger partial charge in [0.05, 0.1) is 47.0 Å². The first kappa shape index (κ1) is 25.6. The van der Waals surface area contributed by atoms with Gasteiger partial charge in [-0.1, -0.05) is 35.5 Å². The lowest BCUT2D eigenvalue weighted by atomic mass is 9.86. The zero-order valence-corrected chi connectivity index (χ0v) is 22.4. The second-order valence-electron chi connectivity index (χ2n) is 9.89. The molecule has 1 aliphatic carbocycles. The summed E-state index contributed by atoms with van der Waals surface area (Å²) in [6, 6.07) is 16.2. The number of hydrogen-bond acceptors (Lipinski definition) is 9. The molecule has 4 aromatic rings. The third-order valence-electron chi connectivity index (χ3n) is 7.41. The van der Waals surface area contributed by atoms with E-state index < -0.39 is 5.97 Å². The van der Waals surface area contributed by atoms with Crippen LogP contribution in [0.15, 0.2) is 59.1 Å². The maximum atomic E-state index is 13.9. The van der Waals surface area contributed by atoms with Crippen molar-refractivity contribution in [3.05, 3.63) is 71.3 Å². The number of aromatic nitrogens is 1. The van der Waals surface area contributed by atoms with Crippen LogP contribution in [0, 0.1) is 5.92 Å². The van der Waals surface area contributed by atoms with Crippen LogP contribution in [0.3, 0.4) is 0 Å². The lowest BCUT2D eigenvalue weighted by molar-refractivity contribution is -0.148. The van der Waals surface area contributed by atoms with Gasteiger partial charge in [-0.3, -0.25) is 9.59 Å². The number of ether oxygens (including phenoxy) is 2. The molecular weight excluding hydrogens is 510 g/mol. The van der Waals surface area contributed by atoms with Crippen molar-refractivity contribution >= 4 is 45.7 Å². The molecule has 40 heavy (non-hydrogen) atoms. The minimum absolute atomic E-state index is 0.144. The van der Waals surface area contributed by atoms with Crippen LogP contribution in [0.2, 0.25) is 0 Å². The summed E-state index contributed by atoms with van der Waals surface area (Å²) in [5.41, 5.74) is 4.60. The smallest absolute Gasteiger partial charge is 0.338 e. The summed E-state index contributed by atoms with van der Waals surface area (Å²) in [5.74, 6) is -0.504. The first-order valence-corrected chi connectivity index (χ1v) is 13.6. The van der Waals surface area contributed by atoms with Gasteiger partial charge in [-0.15, -0.1) is 0 Å². The minimum atomic E-state index is -0.423. The van der Waals surface area contributed by atoms with Crippen LogP contribution >= 0.6 is 0 Å². The standard InChI is InChI=1S/C31H29N3O6/c1-3-38-30(36)18-9-7-11-20(15-18)32-23-16-24(34-14-8-10-19(17-34)31(37)39-4-2)27-26-25(23)28(35)21-12-5-6-13-22(21)29(26)40-33-27/h5-7,9,11-13,15-16,19,32H,3-4,8,10,14,17H2,1-2H3. The number of carbonyl (C=O) groups excluding carboxylic acids is 3. The first-order valence-electron chi connectivity index (χ1n) is 13.6. The Labute approximate surface area is 231 Å². The highest BCUT2D eigenvalue weighted by molar-refractivity contribution is 6.28. The Balaban J connectivity index is 1.49. The van der Waals surface area contributed by atoms with Crippen molar-refractivity contribution in [1.29, 1.82) is 0 Å². The summed E-state index contributed by atoms with van der Waals surface area (Å²) in [4.78, 5) is 41.0. The molecule has 2 aliphatic rings. The number of benzene rings is 3. The molecule has 0 spiro atoms. The Bertz CT molecular complexity index is 1640. The van der Waals surface area contributed by atoms with E-state index in [1.807, 2.05) is 30.3 Å². The van der Waals surface area contributed by atoms with Crippen molar-refractivity contribution in [1.82, 2.24) is 5.16 Å². The molecule has 3 aromatic carbocycles. The molecule has 204 valence electrons. The van der Waals surface area contributed by atoms with E-state index in [1.54, 1.807) is 38.1 Å². The number of ketones is 1. The third-order valence-corrected chi connectivity index (χ3v) is 7.41. The number of fused-ring (bicyclic) bond motifs is 2. The minimum Gasteiger partial charge on any atom is -0.466 e. The fraction of sp³-hybridized carbons (Fsp3) is 0.290. The predicted octanol–water partition coefficient (Wildman–Crippen LogP) is 5.74. The van der Waals surface area contributed by atoms with Crippen LogP contribution in [0.5, 0.6) is 0 Å². The van der Waals surface area contributed by atoms with Gasteiger partial charge in [-0.05, 0) is 51.0 Å². The van der Waals surface area contributed by atoms with E-state index in [2.05, 4.69) is 15.4 Å². The third kappa shape index (κ3) is 4.37. The van der Waals surface area contributed by atoms with Crippen molar-refractivity contribution in [3.63, 3.8) is 0 Å². The normalized spacial score (nSPS) is 16.0. The molecule has 0 saturated carbocycles. The molecule has 6 rings (SSSR count). The Morgan fingerprint density at radius 1 is 1.05 bits per heavy atom. The SMILES string of the molecule is CCOC(=O)c1cccc(Nc2cc(N3CCCC(C(=O)OCC)C3)c3noc4c3c2C(=O)c2ccccc2-4)c1. The van der Waals surface area contributed by atoms with Crippen molar-refractivity contribution < 1.29 is 28.4 Å². The van der Waals surface area contributed by atoms with E-state index in [0.29, 0.717) is 63.4 Å². The molecule has 1 saturated heterocycles. The zero-order valence-electron chi connectivity index (χ0n) is 22.4. The van der Waals surface area contributed by atoms with E-state index in [-0.39, 0.29) is 24.3 Å². The fourth-order valence-corrected chi connectivity index (χ4v) is 5.62. The Hall–Kier alpha value is -4.66. The number of piperidine rings is 1. The maximum absolute atomic E-state index is 13.9. The summed E-state index contributed by atoms with van der Waals surface area (Å²) in [7, 11) is 0. The number of anilines is 3. The summed E-state index contributed by atoms with van der Waals surface area (Å²) in [6.45, 7) is 5.36. The molecule has 2 heterocycles. The van der Waals surface area contributed by atoms with Crippen molar-refractivity contribution in [2.45, 2.75) is 26.7 Å². The highest BCUT2D eigenvalue weighted by Gasteiger charge is 2.35. The highest BCUT2D eigenvalue weighted by Crippen LogP contribution is 2.46. The van der Waals surface area contributed by atoms with E-state index in [4.69, 9.17) is 14.0 Å². The van der Waals surface area contributed by atoms with Crippen LogP contribution < -0.4 is 10.2 Å². The molecule has 1 unspecified atom stereocenters. The average Bonchev–Trinajstić information content (AvgIpc) is 3.42. The molecule has 1 N–H and O–H groups in total. The summed E-state index contributed by atoms with van der Waals surface area (Å²) >= 11 is 0. The zero-order chi connectivity index (χ0) is 27.8. The van der Waals surface area contributed by atoms with Crippen LogP contribution in [0.25, 0.3) is 22.2 Å². The largest absolute Gasteiger partial charge is 0.466 e. The molecule has 1 aromatic heterocycles. The van der Waals surface area contributed by atoms with Gasteiger partial charge in [0.15, 0.2) is 11.5 Å². The van der Waals surface area contributed by atoms with Gasteiger partial charge in [0.25, 0.3) is 0 Å². The van der Waals surface area contributed by atoms with E-state index in [0.717, 1.165) is 25.1 Å². The highest BCUT2D eigenvalue weighted by atomic mass is 16.5. The second kappa shape index (κ2) is 10.5. The van der Waals surface area contributed by atoms with Crippen LogP contribution in [0.1, 0.15) is 53.0 Å². The van der Waals surface area contributed by atoms with Crippen LogP contribution in [-0.2, 0) is 14.3 Å². The summed E-state index contributed by atoms with van der Waals surface area (Å²) < 4.78 is 16.4. The Morgan fingerprint density at radius 3 is 2.65 bits per heavy atom. The van der Waals surface area contributed by atoms with Crippen LogP contribution in [0.4, 0.5) is 17.1 Å². The molecular formula is C31H29N3O6. The molecule has 0 amide bonds. The quantitative estimate of drug-likeness (QED) is 0.259. The molecule has 1 atom stereocenters. The van der Waals surface area contributed by atoms with Crippen LogP contribution in [-0.4, -0.2) is 49.2 Å². The van der Waals surface area contributed by atoms with Gasteiger partial charge in [-0.2, -0.15) is 0 Å². The van der Waals surface area contributed by atoms with Crippen molar-refractivity contribution in [2.24, 2.45) is 5.92 Å². The molecule has 1 aliphatic heterocycles. The monoisotopic (exact) mass is 539 g/mol. The van der Waals surface area contributed by atoms with Gasteiger partial charge in [0, 0.05) is 29.9 Å². The molecule has 9 heteroatoms. The summed E-state index contributed by atoms with van der Waals surface area (Å²) in [5, 5.41) is 8.45. The number of nitrogens with one attached hydrogen (secondary N) is 1. The van der Waals surface area contributed by atoms with E-state index in [9.17, 15) is 14.4 Å². The van der Waals surface area contributed by atoms with E-state index in [1.165, 1.54) is 0 Å². The Kier molecular flexibility index (Phi) is 6.71. The summed E-state index contributed by atoms with van der Waals surface area (Å²) in [6.07, 6.45) is 1.56. The maximum Gasteiger partial charge on any atom is 0.338 e. The van der Waals surface area contributed by atoms with Gasteiger partial charge in [0.2, 0.25) is 0 Å². The lowest BCUT2D eigenvalue weighted by Crippen LogP contribution is -2.39. The van der Waals surface area contributed by atoms with Crippen molar-refractivity contribution in [3.8, 4) is 11.3 Å². The average molecular weight is 540 g/mol. The Morgan fingerprint density at radius 2 is 1.85 bits per heavy atom. The van der Waals surface area contributed by atoms with E-state index >= 15 is 0 Å². The number of nitrogens with zero attached hydrogens (tertiary/aromatic N) is 2. The molecule has 0 radical (unpaired) electrons. The fourth-order valence-electron chi connectivity index (χ4n) is 5.62. The molecule has 1 fully saturated rings. The number of rotatable bonds is 7. The first-order chi connectivity index (χ1) is 19.5. The lowest BCUT2D eigenvalue weighted by Gasteiger charge is -2.34. The predicted molar refractivity (Wildman–Crippen MR) is 150 cm³/mol. The molecule has 9 nitrogen and oxygen atoms in total. The number of esters is 2. The topological polar surface area (TPSA) is 111 Å². The van der Waals surface area contributed by atoms with Gasteiger partial charge < -0.3 is 24.2 Å². The molecule has 0 bridgehead atoms. The van der Waals surface area contributed by atoms with Gasteiger partial charge in [-0.25, -0.2) is 4.79 Å². The second-order valence-corrected chi connectivity index (χ2v) is 9.89.